The molecule has 1 heterocycles. The molecule has 2 rings (SSSR count). The third-order valence-electron chi connectivity index (χ3n) is 2.83. The largest absolute Gasteiger partial charge is 0.491 e. The fourth-order valence-corrected chi connectivity index (χ4v) is 1.77. The molecule has 0 atom stereocenters. The topological polar surface area (TPSA) is 70.4 Å². The van der Waals surface area contributed by atoms with Crippen molar-refractivity contribution in [1.29, 1.82) is 0 Å². The van der Waals surface area contributed by atoms with Crippen molar-refractivity contribution in [3.8, 4) is 11.4 Å². The molecule has 6 nitrogen and oxygen atoms in total. The van der Waals surface area contributed by atoms with Crippen molar-refractivity contribution in [2.75, 3.05) is 14.2 Å². The second-order valence-electron chi connectivity index (χ2n) is 4.27. The first-order valence-electron chi connectivity index (χ1n) is 6.00. The minimum atomic E-state index is -0.916. The van der Waals surface area contributed by atoms with Gasteiger partial charge in [-0.25, -0.2) is 13.9 Å². The van der Waals surface area contributed by atoms with Gasteiger partial charge in [-0.1, -0.05) is 6.07 Å². The number of rotatable bonds is 3. The Labute approximate surface area is 119 Å². The van der Waals surface area contributed by atoms with E-state index in [2.05, 4.69) is 9.84 Å². The lowest BCUT2D eigenvalue weighted by molar-refractivity contribution is 0.0589. The van der Waals surface area contributed by atoms with E-state index in [1.165, 1.54) is 25.4 Å². The number of hydrogen-bond donors (Lipinski definition) is 0. The van der Waals surface area contributed by atoms with Crippen LogP contribution in [0, 0.1) is 12.7 Å². The molecule has 1 aromatic carbocycles. The molecule has 0 spiro atoms. The van der Waals surface area contributed by atoms with Crippen LogP contribution in [-0.2, 0) is 4.74 Å². The molecule has 0 radical (unpaired) electrons. The summed E-state index contributed by atoms with van der Waals surface area (Å²) in [6.45, 7) is 1.78. The van der Waals surface area contributed by atoms with Gasteiger partial charge in [-0.2, -0.15) is 5.10 Å². The third-order valence-corrected chi connectivity index (χ3v) is 2.83. The number of carbonyl (C=O) groups is 1. The number of benzene rings is 1. The molecule has 7 heteroatoms. The van der Waals surface area contributed by atoms with Crippen molar-refractivity contribution >= 4 is 5.97 Å². The highest BCUT2D eigenvalue weighted by Gasteiger charge is 2.19. The quantitative estimate of drug-likeness (QED) is 0.801. The fourth-order valence-electron chi connectivity index (χ4n) is 1.77. The van der Waals surface area contributed by atoms with Gasteiger partial charge in [0, 0.05) is 0 Å². The summed E-state index contributed by atoms with van der Waals surface area (Å²) in [5.41, 5.74) is -0.296. The lowest BCUT2D eigenvalue weighted by Crippen LogP contribution is -2.24. The van der Waals surface area contributed by atoms with Crippen molar-refractivity contribution in [1.82, 2.24) is 9.78 Å². The van der Waals surface area contributed by atoms with Crippen LogP contribution in [0.3, 0.4) is 0 Å². The Balaban J connectivity index is 2.72. The Bertz CT molecular complexity index is 755. The SMILES string of the molecule is COC(=O)c1nn(-c2cc(C)ccc2F)cc(OC)c1=O. The summed E-state index contributed by atoms with van der Waals surface area (Å²) in [6.07, 6.45) is 1.21. The van der Waals surface area contributed by atoms with Gasteiger partial charge in [0.1, 0.15) is 11.5 Å². The zero-order valence-corrected chi connectivity index (χ0v) is 11.7. The maximum atomic E-state index is 13.9. The summed E-state index contributed by atoms with van der Waals surface area (Å²) in [7, 11) is 2.40. The summed E-state index contributed by atoms with van der Waals surface area (Å²) in [5, 5.41) is 3.83. The minimum absolute atomic E-state index is 0.0958. The predicted octanol–water partition coefficient (Wildman–Crippen LogP) is 1.48. The number of carbonyl (C=O) groups excluding carboxylic acids is 1. The van der Waals surface area contributed by atoms with E-state index in [9.17, 15) is 14.0 Å². The van der Waals surface area contributed by atoms with E-state index in [1.54, 1.807) is 13.0 Å². The molecular weight excluding hydrogens is 279 g/mol. The Morgan fingerprint density at radius 3 is 2.67 bits per heavy atom. The lowest BCUT2D eigenvalue weighted by atomic mass is 10.2. The van der Waals surface area contributed by atoms with Crippen LogP contribution in [0.15, 0.2) is 29.2 Å². The number of hydrogen-bond acceptors (Lipinski definition) is 5. The molecule has 2 aromatic rings. The lowest BCUT2D eigenvalue weighted by Gasteiger charge is -2.10. The summed E-state index contributed by atoms with van der Waals surface area (Å²) in [4.78, 5) is 23.5. The number of aromatic nitrogens is 2. The first kappa shape index (κ1) is 14.7. The van der Waals surface area contributed by atoms with Gasteiger partial charge in [-0.05, 0) is 24.6 Å². The van der Waals surface area contributed by atoms with Crippen molar-refractivity contribution in [3.63, 3.8) is 0 Å². The van der Waals surface area contributed by atoms with Gasteiger partial charge in [0.2, 0.25) is 5.69 Å². The molecule has 21 heavy (non-hydrogen) atoms. The van der Waals surface area contributed by atoms with Crippen LogP contribution in [0.1, 0.15) is 16.1 Å². The zero-order chi connectivity index (χ0) is 15.6. The molecule has 0 N–H and O–H groups in total. The predicted molar refractivity (Wildman–Crippen MR) is 72.4 cm³/mol. The normalized spacial score (nSPS) is 10.3. The molecule has 0 fully saturated rings. The summed E-state index contributed by atoms with van der Waals surface area (Å²) >= 11 is 0. The van der Waals surface area contributed by atoms with Crippen LogP contribution in [0.25, 0.3) is 5.69 Å². The number of aryl methyl sites for hydroxylation is 1. The van der Waals surface area contributed by atoms with Gasteiger partial charge in [-0.15, -0.1) is 0 Å². The first-order chi connectivity index (χ1) is 9.97. The zero-order valence-electron chi connectivity index (χ0n) is 11.7. The van der Waals surface area contributed by atoms with E-state index in [0.717, 1.165) is 17.4 Å². The summed E-state index contributed by atoms with van der Waals surface area (Å²) < 4.78 is 24.4. The molecule has 110 valence electrons. The molecule has 0 bridgehead atoms. The highest BCUT2D eigenvalue weighted by Crippen LogP contribution is 2.16. The number of halogens is 1. The number of esters is 1. The van der Waals surface area contributed by atoms with Crippen LogP contribution in [0.5, 0.6) is 5.75 Å². The molecule has 0 amide bonds. The van der Waals surface area contributed by atoms with Gasteiger partial charge < -0.3 is 9.47 Å². The van der Waals surface area contributed by atoms with Crippen molar-refractivity contribution in [2.24, 2.45) is 0 Å². The highest BCUT2D eigenvalue weighted by molar-refractivity contribution is 5.87. The van der Waals surface area contributed by atoms with Crippen LogP contribution < -0.4 is 10.2 Å². The Morgan fingerprint density at radius 1 is 1.33 bits per heavy atom. The number of methoxy groups -OCH3 is 2. The smallest absolute Gasteiger partial charge is 0.362 e. The molecular formula is C14H13FN2O4. The molecule has 0 aliphatic heterocycles. The van der Waals surface area contributed by atoms with Gasteiger partial charge in [0.05, 0.1) is 20.4 Å². The van der Waals surface area contributed by atoms with Crippen LogP contribution in [0.2, 0.25) is 0 Å². The van der Waals surface area contributed by atoms with E-state index in [1.807, 2.05) is 0 Å². The van der Waals surface area contributed by atoms with Gasteiger partial charge in [0.25, 0.3) is 5.43 Å². The van der Waals surface area contributed by atoms with E-state index in [0.29, 0.717) is 0 Å². The minimum Gasteiger partial charge on any atom is -0.491 e. The van der Waals surface area contributed by atoms with Crippen molar-refractivity contribution in [2.45, 2.75) is 6.92 Å². The molecule has 0 aliphatic carbocycles. The summed E-state index contributed by atoms with van der Waals surface area (Å²) in [5.74, 6) is -1.60. The Hall–Kier alpha value is -2.70. The average molecular weight is 292 g/mol. The Kier molecular flexibility index (Phi) is 4.02. The number of nitrogens with zero attached hydrogens (tertiary/aromatic N) is 2. The highest BCUT2D eigenvalue weighted by atomic mass is 19.1. The van der Waals surface area contributed by atoms with Crippen molar-refractivity contribution < 1.29 is 18.7 Å². The molecule has 0 unspecified atom stereocenters. The number of ether oxygens (including phenoxy) is 2. The molecule has 0 saturated heterocycles. The molecule has 0 aliphatic rings. The van der Waals surface area contributed by atoms with Gasteiger partial charge in [0.15, 0.2) is 5.75 Å². The summed E-state index contributed by atoms with van der Waals surface area (Å²) in [6, 6.07) is 4.40. The second kappa shape index (κ2) is 5.74. The van der Waals surface area contributed by atoms with Crippen LogP contribution >= 0.6 is 0 Å². The van der Waals surface area contributed by atoms with Crippen molar-refractivity contribution in [3.05, 3.63) is 51.7 Å². The second-order valence-corrected chi connectivity index (χ2v) is 4.27. The van der Waals surface area contributed by atoms with E-state index < -0.39 is 22.9 Å². The fraction of sp³-hybridized carbons (Fsp3) is 0.214. The maximum Gasteiger partial charge on any atom is 0.362 e. The van der Waals surface area contributed by atoms with Crippen LogP contribution in [-0.4, -0.2) is 30.0 Å². The maximum absolute atomic E-state index is 13.9. The van der Waals surface area contributed by atoms with E-state index in [4.69, 9.17) is 4.74 Å². The monoisotopic (exact) mass is 292 g/mol. The standard InChI is InChI=1S/C14H13FN2O4/c1-8-4-5-9(15)10(6-8)17-7-11(20-2)13(18)12(16-17)14(19)21-3/h4-7H,1-3H3. The molecule has 0 saturated carbocycles. The Morgan fingerprint density at radius 2 is 2.05 bits per heavy atom. The third kappa shape index (κ3) is 2.76. The van der Waals surface area contributed by atoms with E-state index in [-0.39, 0.29) is 11.4 Å². The van der Waals surface area contributed by atoms with E-state index >= 15 is 0 Å². The van der Waals surface area contributed by atoms with Crippen LogP contribution in [0.4, 0.5) is 4.39 Å². The van der Waals surface area contributed by atoms with Gasteiger partial charge in [-0.3, -0.25) is 4.79 Å². The van der Waals surface area contributed by atoms with Gasteiger partial charge >= 0.3 is 5.97 Å². The first-order valence-corrected chi connectivity index (χ1v) is 6.00. The average Bonchev–Trinajstić information content (AvgIpc) is 2.49. The molecule has 1 aromatic heterocycles.